The number of nitrogens with one attached hydrogen (secondary N) is 1. The van der Waals surface area contributed by atoms with Crippen LogP contribution in [0.1, 0.15) is 43.9 Å². The molecule has 0 atom stereocenters. The van der Waals surface area contributed by atoms with Crippen molar-refractivity contribution in [2.45, 2.75) is 45.2 Å². The molecule has 3 aromatic heterocycles. The van der Waals surface area contributed by atoms with Crippen LogP contribution in [0.5, 0.6) is 0 Å². The molecule has 1 saturated heterocycles. The van der Waals surface area contributed by atoms with Crippen molar-refractivity contribution in [2.75, 3.05) is 18.4 Å². The van der Waals surface area contributed by atoms with Gasteiger partial charge in [0.25, 0.3) is 0 Å². The maximum Gasteiger partial charge on any atom is 0.200 e. The molecule has 136 valence electrons. The minimum atomic E-state index is 0.365. The van der Waals surface area contributed by atoms with Gasteiger partial charge in [-0.1, -0.05) is 19.9 Å². The zero-order chi connectivity index (χ0) is 17.9. The van der Waals surface area contributed by atoms with Crippen molar-refractivity contribution in [3.8, 4) is 0 Å². The topological polar surface area (TPSA) is 71.2 Å². The maximum absolute atomic E-state index is 4.58. The molecule has 0 unspecified atom stereocenters. The predicted molar refractivity (Wildman–Crippen MR) is 101 cm³/mol. The van der Waals surface area contributed by atoms with Gasteiger partial charge in [0.15, 0.2) is 0 Å². The van der Waals surface area contributed by atoms with Gasteiger partial charge in [0.2, 0.25) is 5.65 Å². The van der Waals surface area contributed by atoms with Crippen molar-refractivity contribution in [3.05, 3.63) is 48.2 Å². The number of hydrogen-bond donors (Lipinski definition) is 1. The van der Waals surface area contributed by atoms with E-state index in [-0.39, 0.29) is 0 Å². The lowest BCUT2D eigenvalue weighted by Gasteiger charge is -2.32. The van der Waals surface area contributed by atoms with Crippen molar-refractivity contribution in [1.82, 2.24) is 29.7 Å². The van der Waals surface area contributed by atoms with Crippen LogP contribution < -0.4 is 5.32 Å². The lowest BCUT2D eigenvalue weighted by atomic mass is 10.0. The lowest BCUT2D eigenvalue weighted by molar-refractivity contribution is 0.211. The van der Waals surface area contributed by atoms with Crippen LogP contribution in [-0.4, -0.2) is 48.8 Å². The van der Waals surface area contributed by atoms with Crippen LogP contribution in [0.15, 0.2) is 36.9 Å². The van der Waals surface area contributed by atoms with E-state index in [0.29, 0.717) is 12.0 Å². The Morgan fingerprint density at radius 3 is 2.85 bits per heavy atom. The molecule has 0 bridgehead atoms. The SMILES string of the molecule is CC(C)c1cc(NC2CCN(Cc3cccnc3)CC2)c2nncn2n1. The van der Waals surface area contributed by atoms with Gasteiger partial charge in [-0.25, -0.2) is 0 Å². The molecule has 1 fully saturated rings. The molecule has 0 aromatic carbocycles. The molecule has 4 heterocycles. The first-order chi connectivity index (χ1) is 12.7. The summed E-state index contributed by atoms with van der Waals surface area (Å²) in [6.45, 7) is 7.44. The first-order valence-electron chi connectivity index (χ1n) is 9.28. The van der Waals surface area contributed by atoms with E-state index in [2.05, 4.69) is 56.5 Å². The number of fused-ring (bicyclic) bond motifs is 1. The first kappa shape index (κ1) is 16.9. The van der Waals surface area contributed by atoms with Crippen LogP contribution in [0.4, 0.5) is 5.69 Å². The monoisotopic (exact) mass is 351 g/mol. The first-order valence-corrected chi connectivity index (χ1v) is 9.28. The lowest BCUT2D eigenvalue weighted by Crippen LogP contribution is -2.38. The zero-order valence-corrected chi connectivity index (χ0v) is 15.3. The summed E-state index contributed by atoms with van der Waals surface area (Å²) in [5.41, 5.74) is 4.16. The third-order valence-corrected chi connectivity index (χ3v) is 4.95. The summed E-state index contributed by atoms with van der Waals surface area (Å²) in [5, 5.41) is 16.5. The molecule has 1 N–H and O–H groups in total. The second-order valence-electron chi connectivity index (χ2n) is 7.29. The number of piperidine rings is 1. The Labute approximate surface area is 153 Å². The molecule has 0 spiro atoms. The maximum atomic E-state index is 4.58. The van der Waals surface area contributed by atoms with Crippen LogP contribution in [0.2, 0.25) is 0 Å². The molecule has 0 saturated carbocycles. The van der Waals surface area contributed by atoms with Crippen molar-refractivity contribution < 1.29 is 0 Å². The number of nitrogens with zero attached hydrogens (tertiary/aromatic N) is 6. The minimum absolute atomic E-state index is 0.365. The molecule has 0 aliphatic carbocycles. The van der Waals surface area contributed by atoms with Gasteiger partial charge in [-0.3, -0.25) is 9.88 Å². The predicted octanol–water partition coefficient (Wildman–Crippen LogP) is 2.72. The number of aromatic nitrogens is 5. The average molecular weight is 351 g/mol. The summed E-state index contributed by atoms with van der Waals surface area (Å²) in [6, 6.07) is 6.71. The van der Waals surface area contributed by atoms with Crippen molar-refractivity contribution in [2.24, 2.45) is 0 Å². The molecule has 0 radical (unpaired) electrons. The summed E-state index contributed by atoms with van der Waals surface area (Å²) in [7, 11) is 0. The number of likely N-dealkylation sites (tertiary alicyclic amines) is 1. The van der Waals surface area contributed by atoms with Gasteiger partial charge in [0, 0.05) is 38.1 Å². The van der Waals surface area contributed by atoms with Crippen LogP contribution in [0.3, 0.4) is 0 Å². The molecule has 26 heavy (non-hydrogen) atoms. The van der Waals surface area contributed by atoms with E-state index in [1.165, 1.54) is 5.56 Å². The third kappa shape index (κ3) is 3.67. The van der Waals surface area contributed by atoms with Crippen LogP contribution in [-0.2, 0) is 6.54 Å². The smallest absolute Gasteiger partial charge is 0.200 e. The standard InChI is InChI=1S/C19H25N7/c1-14(2)17-10-18(19-23-21-13-26(19)24-17)22-16-5-8-25(9-6-16)12-15-4-3-7-20-11-15/h3-4,7,10-11,13-14,16,22H,5-6,8-9,12H2,1-2H3. The second kappa shape index (κ2) is 7.37. The summed E-state index contributed by atoms with van der Waals surface area (Å²) in [4.78, 5) is 6.70. The van der Waals surface area contributed by atoms with Gasteiger partial charge in [-0.15, -0.1) is 10.2 Å². The normalized spacial score (nSPS) is 16.4. The van der Waals surface area contributed by atoms with Crippen LogP contribution >= 0.6 is 0 Å². The molecular formula is C19H25N7. The van der Waals surface area contributed by atoms with E-state index in [1.807, 2.05) is 18.5 Å². The average Bonchev–Trinajstić information content (AvgIpc) is 3.13. The number of anilines is 1. The summed E-state index contributed by atoms with van der Waals surface area (Å²) < 4.78 is 1.77. The Morgan fingerprint density at radius 2 is 2.12 bits per heavy atom. The van der Waals surface area contributed by atoms with E-state index in [4.69, 9.17) is 0 Å². The Hall–Kier alpha value is -2.54. The molecular weight excluding hydrogens is 326 g/mol. The molecule has 7 nitrogen and oxygen atoms in total. The second-order valence-corrected chi connectivity index (χ2v) is 7.29. The summed E-state index contributed by atoms with van der Waals surface area (Å²) in [6.07, 6.45) is 7.67. The summed E-state index contributed by atoms with van der Waals surface area (Å²) >= 11 is 0. The van der Waals surface area contributed by atoms with Gasteiger partial charge in [0.1, 0.15) is 6.33 Å². The highest BCUT2D eigenvalue weighted by Crippen LogP contribution is 2.23. The molecule has 0 amide bonds. The Morgan fingerprint density at radius 1 is 1.27 bits per heavy atom. The summed E-state index contributed by atoms with van der Waals surface area (Å²) in [5.74, 6) is 0.365. The third-order valence-electron chi connectivity index (χ3n) is 4.95. The van der Waals surface area contributed by atoms with Crippen molar-refractivity contribution in [3.63, 3.8) is 0 Å². The minimum Gasteiger partial charge on any atom is -0.379 e. The fourth-order valence-corrected chi connectivity index (χ4v) is 3.44. The highest BCUT2D eigenvalue weighted by molar-refractivity contribution is 5.67. The van der Waals surface area contributed by atoms with E-state index in [0.717, 1.165) is 49.5 Å². The highest BCUT2D eigenvalue weighted by atomic mass is 15.3. The quantitative estimate of drug-likeness (QED) is 0.762. The molecule has 1 aliphatic rings. The Bertz CT molecular complexity index is 851. The van der Waals surface area contributed by atoms with Crippen molar-refractivity contribution >= 4 is 11.3 Å². The van der Waals surface area contributed by atoms with Gasteiger partial charge in [-0.05, 0) is 36.5 Å². The number of rotatable bonds is 5. The molecule has 7 heteroatoms. The largest absolute Gasteiger partial charge is 0.379 e. The zero-order valence-electron chi connectivity index (χ0n) is 15.3. The highest BCUT2D eigenvalue weighted by Gasteiger charge is 2.21. The van der Waals surface area contributed by atoms with E-state index < -0.39 is 0 Å². The van der Waals surface area contributed by atoms with Crippen molar-refractivity contribution in [1.29, 1.82) is 0 Å². The van der Waals surface area contributed by atoms with Gasteiger partial charge >= 0.3 is 0 Å². The number of hydrogen-bond acceptors (Lipinski definition) is 6. The van der Waals surface area contributed by atoms with Crippen LogP contribution in [0, 0.1) is 0 Å². The molecule has 3 aromatic rings. The number of pyridine rings is 1. The van der Waals surface area contributed by atoms with E-state index in [1.54, 1.807) is 10.8 Å². The van der Waals surface area contributed by atoms with Gasteiger partial charge in [-0.2, -0.15) is 9.61 Å². The van der Waals surface area contributed by atoms with E-state index >= 15 is 0 Å². The molecule has 4 rings (SSSR count). The fraction of sp³-hybridized carbons (Fsp3) is 0.474. The molecule has 1 aliphatic heterocycles. The van der Waals surface area contributed by atoms with Crippen LogP contribution in [0.25, 0.3) is 5.65 Å². The Balaban J connectivity index is 1.41. The fourth-order valence-electron chi connectivity index (χ4n) is 3.44. The van der Waals surface area contributed by atoms with Gasteiger partial charge < -0.3 is 5.32 Å². The van der Waals surface area contributed by atoms with E-state index in [9.17, 15) is 0 Å². The van der Waals surface area contributed by atoms with Gasteiger partial charge in [0.05, 0.1) is 11.4 Å². The Kier molecular flexibility index (Phi) is 4.79.